The lowest BCUT2D eigenvalue weighted by molar-refractivity contribution is 0.0698. The van der Waals surface area contributed by atoms with Gasteiger partial charge in [-0.25, -0.2) is 9.48 Å². The van der Waals surface area contributed by atoms with Crippen LogP contribution in [0.1, 0.15) is 36.0 Å². The van der Waals surface area contributed by atoms with Crippen molar-refractivity contribution >= 4 is 17.0 Å². The van der Waals surface area contributed by atoms with Crippen molar-refractivity contribution in [3.05, 3.63) is 23.8 Å². The quantitative estimate of drug-likeness (QED) is 0.911. The molecule has 1 N–H and O–H groups in total. The minimum Gasteiger partial charge on any atom is -0.478 e. The molecule has 6 heteroatoms. The summed E-state index contributed by atoms with van der Waals surface area (Å²) in [4.78, 5) is 13.7. The average molecular weight is 288 g/mol. The van der Waals surface area contributed by atoms with Gasteiger partial charge in [-0.2, -0.15) is 0 Å². The van der Waals surface area contributed by atoms with E-state index in [0.717, 1.165) is 6.54 Å². The van der Waals surface area contributed by atoms with Crippen LogP contribution in [0.3, 0.4) is 0 Å². The summed E-state index contributed by atoms with van der Waals surface area (Å²) in [7, 11) is 2.13. The highest BCUT2D eigenvalue weighted by Gasteiger charge is 2.20. The van der Waals surface area contributed by atoms with Gasteiger partial charge in [-0.1, -0.05) is 24.1 Å². The molecule has 0 saturated heterocycles. The number of carbonyl (C=O) groups is 1. The number of aromatic carboxylic acids is 1. The Morgan fingerprint density at radius 3 is 2.90 bits per heavy atom. The first kappa shape index (κ1) is 14.0. The summed E-state index contributed by atoms with van der Waals surface area (Å²) in [5, 5.41) is 17.5. The summed E-state index contributed by atoms with van der Waals surface area (Å²) < 4.78 is 1.71. The number of aromatic nitrogens is 3. The Morgan fingerprint density at radius 2 is 2.19 bits per heavy atom. The van der Waals surface area contributed by atoms with Gasteiger partial charge in [0, 0.05) is 12.6 Å². The second-order valence-corrected chi connectivity index (χ2v) is 5.71. The Hall–Kier alpha value is -1.95. The molecule has 0 aliphatic heterocycles. The summed E-state index contributed by atoms with van der Waals surface area (Å²) >= 11 is 0. The number of carboxylic acids is 1. The number of para-hydroxylation sites is 1. The van der Waals surface area contributed by atoms with Crippen LogP contribution in [-0.4, -0.2) is 50.6 Å². The molecule has 1 aliphatic carbocycles. The molecule has 2 aromatic rings. The Balaban J connectivity index is 1.79. The number of likely N-dealkylation sites (N-methyl/N-ethyl adjacent to an activating group) is 1. The van der Waals surface area contributed by atoms with E-state index < -0.39 is 5.97 Å². The van der Waals surface area contributed by atoms with E-state index in [4.69, 9.17) is 0 Å². The van der Waals surface area contributed by atoms with Gasteiger partial charge in [0.1, 0.15) is 11.0 Å². The molecule has 1 aliphatic rings. The zero-order valence-corrected chi connectivity index (χ0v) is 12.2. The van der Waals surface area contributed by atoms with Gasteiger partial charge in [-0.05, 0) is 32.0 Å². The van der Waals surface area contributed by atoms with Gasteiger partial charge in [0.05, 0.1) is 12.1 Å². The Morgan fingerprint density at radius 1 is 1.43 bits per heavy atom. The topological polar surface area (TPSA) is 71.2 Å². The molecule has 112 valence electrons. The Bertz CT molecular complexity index is 646. The van der Waals surface area contributed by atoms with Gasteiger partial charge in [-0.3, -0.25) is 0 Å². The van der Waals surface area contributed by atoms with Crippen LogP contribution in [0, 0.1) is 0 Å². The van der Waals surface area contributed by atoms with Crippen LogP contribution in [0.15, 0.2) is 18.2 Å². The van der Waals surface area contributed by atoms with Gasteiger partial charge in [0.25, 0.3) is 0 Å². The first-order valence-corrected chi connectivity index (χ1v) is 7.42. The van der Waals surface area contributed by atoms with Gasteiger partial charge in [0.2, 0.25) is 0 Å². The van der Waals surface area contributed by atoms with Crippen LogP contribution in [0.5, 0.6) is 0 Å². The number of hydrogen-bond donors (Lipinski definition) is 1. The normalized spacial score (nSPS) is 16.1. The van der Waals surface area contributed by atoms with E-state index in [1.807, 2.05) is 0 Å². The van der Waals surface area contributed by atoms with E-state index in [1.54, 1.807) is 22.9 Å². The largest absolute Gasteiger partial charge is 0.478 e. The summed E-state index contributed by atoms with van der Waals surface area (Å²) in [6, 6.07) is 5.76. The fraction of sp³-hybridized carbons (Fsp3) is 0.533. The molecule has 0 radical (unpaired) electrons. The number of hydrogen-bond acceptors (Lipinski definition) is 4. The number of benzene rings is 1. The van der Waals surface area contributed by atoms with Crippen molar-refractivity contribution < 1.29 is 9.90 Å². The van der Waals surface area contributed by atoms with Crippen LogP contribution in [0.25, 0.3) is 11.0 Å². The van der Waals surface area contributed by atoms with E-state index in [1.165, 1.54) is 25.7 Å². The highest BCUT2D eigenvalue weighted by atomic mass is 16.4. The number of nitrogens with zero attached hydrogens (tertiary/aromatic N) is 4. The van der Waals surface area contributed by atoms with E-state index >= 15 is 0 Å². The predicted octanol–water partition coefficient (Wildman–Crippen LogP) is 2.00. The SMILES string of the molecule is CN(CCn1nnc2cccc(C(=O)O)c21)C1CCCC1. The van der Waals surface area contributed by atoms with Crippen molar-refractivity contribution in [1.29, 1.82) is 0 Å². The maximum atomic E-state index is 11.3. The number of fused-ring (bicyclic) bond motifs is 1. The maximum absolute atomic E-state index is 11.3. The molecule has 1 saturated carbocycles. The molecule has 0 unspecified atom stereocenters. The van der Waals surface area contributed by atoms with Crippen LogP contribution < -0.4 is 0 Å². The van der Waals surface area contributed by atoms with Gasteiger partial charge >= 0.3 is 5.97 Å². The van der Waals surface area contributed by atoms with Crippen molar-refractivity contribution in [3.8, 4) is 0 Å². The van der Waals surface area contributed by atoms with E-state index in [9.17, 15) is 9.90 Å². The third-order valence-corrected chi connectivity index (χ3v) is 4.38. The average Bonchev–Trinajstić information content (AvgIpc) is 3.14. The number of rotatable bonds is 5. The lowest BCUT2D eigenvalue weighted by Gasteiger charge is -2.23. The second kappa shape index (κ2) is 5.81. The van der Waals surface area contributed by atoms with Crippen LogP contribution in [0.4, 0.5) is 0 Å². The first-order valence-electron chi connectivity index (χ1n) is 7.42. The molecular weight excluding hydrogens is 268 g/mol. The standard InChI is InChI=1S/C15H20N4O2/c1-18(11-5-2-3-6-11)9-10-19-14-12(15(20)21)7-4-8-13(14)16-17-19/h4,7-8,11H,2-3,5-6,9-10H2,1H3,(H,20,21). The third kappa shape index (κ3) is 2.76. The van der Waals surface area contributed by atoms with Crippen LogP contribution in [-0.2, 0) is 6.54 Å². The van der Waals surface area contributed by atoms with Crippen LogP contribution >= 0.6 is 0 Å². The highest BCUT2D eigenvalue weighted by Crippen LogP contribution is 2.22. The molecule has 1 heterocycles. The van der Waals surface area contributed by atoms with Crippen molar-refractivity contribution in [3.63, 3.8) is 0 Å². The summed E-state index contributed by atoms with van der Waals surface area (Å²) in [6.45, 7) is 1.52. The lowest BCUT2D eigenvalue weighted by atomic mass is 10.2. The molecule has 1 fully saturated rings. The zero-order chi connectivity index (χ0) is 14.8. The smallest absolute Gasteiger partial charge is 0.337 e. The molecule has 3 rings (SSSR count). The third-order valence-electron chi connectivity index (χ3n) is 4.38. The minimum atomic E-state index is -0.937. The monoisotopic (exact) mass is 288 g/mol. The van der Waals surface area contributed by atoms with Gasteiger partial charge in [-0.15, -0.1) is 5.10 Å². The molecule has 0 amide bonds. The van der Waals surface area contributed by atoms with Crippen molar-refractivity contribution in [1.82, 2.24) is 19.9 Å². The molecule has 0 spiro atoms. The molecule has 0 atom stereocenters. The molecule has 0 bridgehead atoms. The summed E-state index contributed by atoms with van der Waals surface area (Å²) in [5.74, 6) is -0.937. The first-order chi connectivity index (χ1) is 10.2. The molecule has 1 aromatic heterocycles. The molecule has 6 nitrogen and oxygen atoms in total. The van der Waals surface area contributed by atoms with E-state index in [0.29, 0.717) is 23.6 Å². The highest BCUT2D eigenvalue weighted by molar-refractivity contribution is 6.00. The summed E-state index contributed by atoms with van der Waals surface area (Å²) in [5.41, 5.74) is 1.52. The fourth-order valence-corrected chi connectivity index (χ4v) is 3.14. The fourth-order valence-electron chi connectivity index (χ4n) is 3.14. The van der Waals surface area contributed by atoms with Crippen molar-refractivity contribution in [2.45, 2.75) is 38.3 Å². The second-order valence-electron chi connectivity index (χ2n) is 5.71. The van der Waals surface area contributed by atoms with Gasteiger partial charge < -0.3 is 10.0 Å². The predicted molar refractivity (Wildman–Crippen MR) is 79.4 cm³/mol. The van der Waals surface area contributed by atoms with Gasteiger partial charge in [0.15, 0.2) is 0 Å². The van der Waals surface area contributed by atoms with E-state index in [2.05, 4.69) is 22.3 Å². The molecular formula is C15H20N4O2. The summed E-state index contributed by atoms with van der Waals surface area (Å²) in [6.07, 6.45) is 5.14. The molecule has 21 heavy (non-hydrogen) atoms. The minimum absolute atomic E-state index is 0.265. The lowest BCUT2D eigenvalue weighted by Crippen LogP contribution is -2.32. The maximum Gasteiger partial charge on any atom is 0.337 e. The van der Waals surface area contributed by atoms with E-state index in [-0.39, 0.29) is 5.56 Å². The zero-order valence-electron chi connectivity index (χ0n) is 12.2. The molecule has 1 aromatic carbocycles. The number of carboxylic acid groups (broad SMARTS) is 1. The van der Waals surface area contributed by atoms with Crippen molar-refractivity contribution in [2.75, 3.05) is 13.6 Å². The Labute approximate surface area is 123 Å². The van der Waals surface area contributed by atoms with Crippen molar-refractivity contribution in [2.24, 2.45) is 0 Å². The Kier molecular flexibility index (Phi) is 3.88. The van der Waals surface area contributed by atoms with Crippen LogP contribution in [0.2, 0.25) is 0 Å².